The summed E-state index contributed by atoms with van der Waals surface area (Å²) in [5.41, 5.74) is 1.97. The third-order valence-electron chi connectivity index (χ3n) is 2.31. The molecule has 0 atom stereocenters. The lowest BCUT2D eigenvalue weighted by atomic mass is 9.98. The van der Waals surface area contributed by atoms with Gasteiger partial charge in [-0.2, -0.15) is 8.42 Å². The average Bonchev–Trinajstić information content (AvgIpc) is 1.99. The first-order valence-corrected chi connectivity index (χ1v) is 6.17. The largest absolute Gasteiger partial charge is 0.332 e. The Morgan fingerprint density at radius 2 is 1.73 bits per heavy atom. The molecule has 15 heavy (non-hydrogen) atoms. The molecule has 0 fully saturated rings. The van der Waals surface area contributed by atoms with Gasteiger partial charge in [-0.1, -0.05) is 31.5 Å². The number of hydrogen-bond donors (Lipinski definition) is 0. The molecular weight excluding hydrogens is 215 g/mol. The highest BCUT2D eigenvalue weighted by Crippen LogP contribution is 2.29. The highest BCUT2D eigenvalue weighted by molar-refractivity contribution is 7.86. The molecule has 0 radical (unpaired) electrons. The summed E-state index contributed by atoms with van der Waals surface area (Å²) in [5.74, 6) is -0.0101. The normalized spacial score (nSPS) is 12.1. The van der Waals surface area contributed by atoms with Crippen molar-refractivity contribution in [2.45, 2.75) is 38.5 Å². The molecule has 0 spiro atoms. The second-order valence-corrected chi connectivity index (χ2v) is 5.38. The molecule has 0 heterocycles. The van der Waals surface area contributed by atoms with Crippen molar-refractivity contribution in [1.29, 1.82) is 0 Å². The van der Waals surface area contributed by atoms with Crippen LogP contribution >= 0.6 is 0 Å². The molecule has 0 aliphatic heterocycles. The molecule has 0 aliphatic carbocycles. The Bertz CT molecular complexity index is 476. The van der Waals surface area contributed by atoms with Crippen LogP contribution in [0.2, 0.25) is 0 Å². The van der Waals surface area contributed by atoms with E-state index in [9.17, 15) is 12.3 Å². The van der Waals surface area contributed by atoms with E-state index in [1.54, 1.807) is 19.1 Å². The van der Waals surface area contributed by atoms with Crippen LogP contribution in [-0.4, -0.2) is 8.42 Å². The summed E-state index contributed by atoms with van der Waals surface area (Å²) >= 11 is 0. The fourth-order valence-corrected chi connectivity index (χ4v) is 2.77. The van der Waals surface area contributed by atoms with Gasteiger partial charge in [-0.3, -0.25) is 0 Å². The molecule has 0 aliphatic rings. The minimum absolute atomic E-state index is 0.0101. The van der Waals surface area contributed by atoms with Gasteiger partial charge in [0.2, 0.25) is 0 Å². The Labute approximate surface area is 90.3 Å². The summed E-state index contributed by atoms with van der Waals surface area (Å²) in [6.45, 7) is 7.19. The molecule has 0 unspecified atom stereocenters. The summed E-state index contributed by atoms with van der Waals surface area (Å²) in [5, 5.41) is 0. The van der Waals surface area contributed by atoms with E-state index in [-0.39, 0.29) is 10.8 Å². The lowest BCUT2D eigenvalue weighted by Gasteiger charge is -2.13. The Balaban J connectivity index is 3.62. The van der Waals surface area contributed by atoms with E-state index < -0.39 is 10.2 Å². The maximum absolute atomic E-state index is 13.1. The molecule has 2 nitrogen and oxygen atoms in total. The van der Waals surface area contributed by atoms with Crippen LogP contribution in [0.4, 0.5) is 3.89 Å². The molecule has 4 heteroatoms. The third-order valence-corrected chi connectivity index (χ3v) is 3.36. The number of hydrogen-bond acceptors (Lipinski definition) is 2. The van der Waals surface area contributed by atoms with Crippen LogP contribution in [-0.2, 0) is 10.2 Å². The fourth-order valence-electron chi connectivity index (χ4n) is 1.75. The van der Waals surface area contributed by atoms with Gasteiger partial charge < -0.3 is 0 Å². The summed E-state index contributed by atoms with van der Waals surface area (Å²) in [7, 11) is -4.63. The van der Waals surface area contributed by atoms with Crippen molar-refractivity contribution in [3.05, 3.63) is 28.8 Å². The van der Waals surface area contributed by atoms with E-state index in [0.717, 1.165) is 5.56 Å². The summed E-state index contributed by atoms with van der Waals surface area (Å²) in [6, 6.07) is 3.41. The van der Waals surface area contributed by atoms with Crippen LogP contribution < -0.4 is 0 Å². The van der Waals surface area contributed by atoms with Crippen molar-refractivity contribution in [3.8, 4) is 0 Å². The predicted octanol–water partition coefficient (Wildman–Crippen LogP) is 3.09. The van der Waals surface area contributed by atoms with Gasteiger partial charge in [-0.15, -0.1) is 3.89 Å². The van der Waals surface area contributed by atoms with Crippen LogP contribution in [0, 0.1) is 13.8 Å². The molecule has 0 saturated carbocycles. The zero-order valence-electron chi connectivity index (χ0n) is 9.33. The zero-order valence-corrected chi connectivity index (χ0v) is 10.2. The van der Waals surface area contributed by atoms with Crippen LogP contribution in [0.5, 0.6) is 0 Å². The molecule has 1 aromatic carbocycles. The molecular formula is C11H15FO2S. The average molecular weight is 230 g/mol. The van der Waals surface area contributed by atoms with Crippen molar-refractivity contribution in [2.24, 2.45) is 0 Å². The minimum Gasteiger partial charge on any atom is -0.189 e. The van der Waals surface area contributed by atoms with E-state index in [1.807, 2.05) is 20.8 Å². The summed E-state index contributed by atoms with van der Waals surface area (Å²) < 4.78 is 35.2. The summed E-state index contributed by atoms with van der Waals surface area (Å²) in [6.07, 6.45) is 0. The Morgan fingerprint density at radius 3 is 2.13 bits per heavy atom. The fraction of sp³-hybridized carbons (Fsp3) is 0.455. The Morgan fingerprint density at radius 1 is 1.20 bits per heavy atom. The molecule has 0 N–H and O–H groups in total. The van der Waals surface area contributed by atoms with Gasteiger partial charge >= 0.3 is 10.2 Å². The van der Waals surface area contributed by atoms with Crippen molar-refractivity contribution in [1.82, 2.24) is 0 Å². The van der Waals surface area contributed by atoms with E-state index in [1.165, 1.54) is 0 Å². The first kappa shape index (κ1) is 12.2. The van der Waals surface area contributed by atoms with Gasteiger partial charge in [0.1, 0.15) is 4.90 Å². The van der Waals surface area contributed by atoms with E-state index in [0.29, 0.717) is 11.1 Å². The highest BCUT2D eigenvalue weighted by atomic mass is 32.3. The molecule has 0 aromatic heterocycles. The molecule has 1 aromatic rings. The second-order valence-electron chi connectivity index (χ2n) is 4.09. The van der Waals surface area contributed by atoms with Gasteiger partial charge in [0.05, 0.1) is 0 Å². The SMILES string of the molecule is Cc1cc(C)c(S(=O)(=O)F)c(C(C)C)c1. The monoisotopic (exact) mass is 230 g/mol. The lowest BCUT2D eigenvalue weighted by molar-refractivity contribution is 0.549. The van der Waals surface area contributed by atoms with E-state index >= 15 is 0 Å². The summed E-state index contributed by atoms with van der Waals surface area (Å²) in [4.78, 5) is -0.164. The topological polar surface area (TPSA) is 34.1 Å². The standard InChI is InChI=1S/C11H15FO2S/c1-7(2)10-6-8(3)5-9(4)11(10)15(12,13)14/h5-7H,1-4H3. The van der Waals surface area contributed by atoms with Gasteiger partial charge in [0.15, 0.2) is 0 Å². The lowest BCUT2D eigenvalue weighted by Crippen LogP contribution is -2.04. The smallest absolute Gasteiger partial charge is 0.189 e. The van der Waals surface area contributed by atoms with E-state index in [4.69, 9.17) is 0 Å². The third kappa shape index (κ3) is 2.56. The maximum atomic E-state index is 13.1. The zero-order chi connectivity index (χ0) is 11.8. The Hall–Kier alpha value is -0.900. The van der Waals surface area contributed by atoms with Crippen LogP contribution in [0.25, 0.3) is 0 Å². The molecule has 84 valence electrons. The quantitative estimate of drug-likeness (QED) is 0.732. The minimum atomic E-state index is -4.63. The van der Waals surface area contributed by atoms with E-state index in [2.05, 4.69) is 0 Å². The number of halogens is 1. The van der Waals surface area contributed by atoms with Gasteiger partial charge in [-0.25, -0.2) is 0 Å². The Kier molecular flexibility index (Phi) is 3.19. The molecule has 0 amide bonds. The van der Waals surface area contributed by atoms with Gasteiger partial charge in [0.25, 0.3) is 0 Å². The predicted molar refractivity (Wildman–Crippen MR) is 58.3 cm³/mol. The highest BCUT2D eigenvalue weighted by Gasteiger charge is 2.21. The first-order chi connectivity index (χ1) is 6.73. The van der Waals surface area contributed by atoms with Crippen LogP contribution in [0.15, 0.2) is 17.0 Å². The van der Waals surface area contributed by atoms with Crippen molar-refractivity contribution in [2.75, 3.05) is 0 Å². The van der Waals surface area contributed by atoms with Crippen molar-refractivity contribution < 1.29 is 12.3 Å². The molecule has 1 rings (SSSR count). The number of benzene rings is 1. The van der Waals surface area contributed by atoms with Crippen LogP contribution in [0.1, 0.15) is 36.5 Å². The molecule has 0 bridgehead atoms. The maximum Gasteiger partial charge on any atom is 0.332 e. The number of rotatable bonds is 2. The van der Waals surface area contributed by atoms with Gasteiger partial charge in [0, 0.05) is 0 Å². The van der Waals surface area contributed by atoms with Crippen LogP contribution in [0.3, 0.4) is 0 Å². The molecule has 0 saturated heterocycles. The number of aryl methyl sites for hydroxylation is 2. The second kappa shape index (κ2) is 3.93. The van der Waals surface area contributed by atoms with Gasteiger partial charge in [-0.05, 0) is 30.9 Å². The van der Waals surface area contributed by atoms with Crippen molar-refractivity contribution in [3.63, 3.8) is 0 Å². The van der Waals surface area contributed by atoms with Crippen molar-refractivity contribution >= 4 is 10.2 Å². The first-order valence-electron chi connectivity index (χ1n) is 4.79.